The lowest BCUT2D eigenvalue weighted by Crippen LogP contribution is -2.27. The molecule has 154 valence electrons. The third-order valence-corrected chi connectivity index (χ3v) is 5.56. The van der Waals surface area contributed by atoms with E-state index in [2.05, 4.69) is 10.2 Å². The number of rotatable bonds is 5. The molecule has 1 aromatic heterocycles. The maximum absolute atomic E-state index is 12.5. The summed E-state index contributed by atoms with van der Waals surface area (Å²) < 4.78 is 10.9. The molecule has 1 saturated heterocycles. The number of hydrogen-bond acceptors (Lipinski definition) is 6. The lowest BCUT2D eigenvalue weighted by molar-refractivity contribution is -0.150. The number of carbonyl (C=O) groups is 2. The molecule has 2 aromatic carbocycles. The molecule has 8 heteroatoms. The second kappa shape index (κ2) is 8.28. The molecule has 1 unspecified atom stereocenters. The van der Waals surface area contributed by atoms with Crippen molar-refractivity contribution in [2.24, 2.45) is 5.92 Å². The number of hydrogen-bond donors (Lipinski definition) is 0. The van der Waals surface area contributed by atoms with Crippen molar-refractivity contribution in [3.8, 4) is 11.5 Å². The molecule has 1 fully saturated rings. The van der Waals surface area contributed by atoms with Crippen molar-refractivity contribution in [1.82, 2.24) is 10.2 Å². The number of aryl methyl sites for hydroxylation is 1. The summed E-state index contributed by atoms with van der Waals surface area (Å²) in [6.07, 6.45) is 0.112. The molecule has 3 aromatic rings. The van der Waals surface area contributed by atoms with Crippen LogP contribution in [0.1, 0.15) is 23.4 Å². The van der Waals surface area contributed by atoms with Gasteiger partial charge in [-0.25, -0.2) is 0 Å². The van der Waals surface area contributed by atoms with Crippen molar-refractivity contribution in [1.29, 1.82) is 0 Å². The highest BCUT2D eigenvalue weighted by Crippen LogP contribution is 2.30. The quantitative estimate of drug-likeness (QED) is 0.572. The summed E-state index contributed by atoms with van der Waals surface area (Å²) >= 11 is 6.13. The highest BCUT2D eigenvalue weighted by molar-refractivity contribution is 6.33. The molecule has 1 aliphatic heterocycles. The van der Waals surface area contributed by atoms with Crippen LogP contribution in [0.4, 0.5) is 5.69 Å². The van der Waals surface area contributed by atoms with Crippen LogP contribution in [0.2, 0.25) is 5.02 Å². The Bertz CT molecular complexity index is 1110. The topological polar surface area (TPSA) is 85.5 Å². The van der Waals surface area contributed by atoms with Crippen molar-refractivity contribution in [3.63, 3.8) is 0 Å². The van der Waals surface area contributed by atoms with Gasteiger partial charge in [-0.3, -0.25) is 9.59 Å². The summed E-state index contributed by atoms with van der Waals surface area (Å²) in [5.41, 5.74) is 3.56. The number of benzene rings is 2. The molecule has 1 amide bonds. The Balaban J connectivity index is 1.39. The Morgan fingerprint density at radius 1 is 1.20 bits per heavy atom. The number of esters is 1. The summed E-state index contributed by atoms with van der Waals surface area (Å²) in [7, 11) is 0. The van der Waals surface area contributed by atoms with Crippen LogP contribution >= 0.6 is 11.6 Å². The van der Waals surface area contributed by atoms with E-state index < -0.39 is 11.9 Å². The largest absolute Gasteiger partial charge is 0.455 e. The Labute approximate surface area is 178 Å². The first-order chi connectivity index (χ1) is 14.4. The first-order valence-corrected chi connectivity index (χ1v) is 9.92. The number of anilines is 1. The number of halogens is 1. The highest BCUT2D eigenvalue weighted by Gasteiger charge is 2.37. The normalized spacial score (nSPS) is 16.2. The van der Waals surface area contributed by atoms with Crippen LogP contribution in [0.15, 0.2) is 46.9 Å². The molecule has 1 atom stereocenters. The van der Waals surface area contributed by atoms with Crippen molar-refractivity contribution < 1.29 is 18.7 Å². The first kappa shape index (κ1) is 20.1. The Morgan fingerprint density at radius 2 is 2.00 bits per heavy atom. The van der Waals surface area contributed by atoms with Gasteiger partial charge in [0.2, 0.25) is 11.8 Å². The van der Waals surface area contributed by atoms with E-state index in [1.807, 2.05) is 38.1 Å². The van der Waals surface area contributed by atoms with Crippen LogP contribution in [-0.2, 0) is 20.9 Å². The highest BCUT2D eigenvalue weighted by atomic mass is 35.5. The standard InChI is InChI=1S/C22H20ClN3O4/c1-13-6-5-9-18(14(13)2)26-11-15(10-20(26)27)22(28)29-12-19-24-25-21(30-19)16-7-3-4-8-17(16)23/h3-9,15H,10-12H2,1-2H3. The van der Waals surface area contributed by atoms with Gasteiger partial charge in [-0.2, -0.15) is 0 Å². The van der Waals surface area contributed by atoms with Gasteiger partial charge >= 0.3 is 5.97 Å². The van der Waals surface area contributed by atoms with E-state index in [9.17, 15) is 9.59 Å². The molecule has 7 nitrogen and oxygen atoms in total. The van der Waals surface area contributed by atoms with Crippen LogP contribution in [0.5, 0.6) is 0 Å². The van der Waals surface area contributed by atoms with E-state index in [0.717, 1.165) is 16.8 Å². The van der Waals surface area contributed by atoms with E-state index in [4.69, 9.17) is 20.8 Å². The van der Waals surface area contributed by atoms with Crippen LogP contribution in [0, 0.1) is 19.8 Å². The smallest absolute Gasteiger partial charge is 0.311 e. The van der Waals surface area contributed by atoms with E-state index >= 15 is 0 Å². The van der Waals surface area contributed by atoms with E-state index in [1.54, 1.807) is 23.1 Å². The second-order valence-corrected chi connectivity index (χ2v) is 7.62. The molecule has 4 rings (SSSR count). The maximum atomic E-state index is 12.5. The van der Waals surface area contributed by atoms with Crippen molar-refractivity contribution >= 4 is 29.2 Å². The number of nitrogens with zero attached hydrogens (tertiary/aromatic N) is 3. The minimum Gasteiger partial charge on any atom is -0.455 e. The third-order valence-electron chi connectivity index (χ3n) is 5.23. The molecule has 0 radical (unpaired) electrons. The summed E-state index contributed by atoms with van der Waals surface area (Å²) in [5.74, 6) is -0.681. The lowest BCUT2D eigenvalue weighted by atomic mass is 10.1. The number of amides is 1. The zero-order valence-electron chi connectivity index (χ0n) is 16.6. The van der Waals surface area contributed by atoms with Crippen molar-refractivity contribution in [2.75, 3.05) is 11.4 Å². The SMILES string of the molecule is Cc1cccc(N2CC(C(=O)OCc3nnc(-c4ccccc4Cl)o3)CC2=O)c1C. The van der Waals surface area contributed by atoms with Gasteiger partial charge in [-0.05, 0) is 43.2 Å². The first-order valence-electron chi connectivity index (χ1n) is 9.54. The van der Waals surface area contributed by atoms with Gasteiger partial charge < -0.3 is 14.1 Å². The Morgan fingerprint density at radius 3 is 2.80 bits per heavy atom. The third kappa shape index (κ3) is 3.93. The zero-order chi connectivity index (χ0) is 21.3. The second-order valence-electron chi connectivity index (χ2n) is 7.21. The van der Waals surface area contributed by atoms with Gasteiger partial charge in [0, 0.05) is 18.7 Å². The van der Waals surface area contributed by atoms with Crippen LogP contribution in [0.25, 0.3) is 11.5 Å². The minimum atomic E-state index is -0.539. The molecular formula is C22H20ClN3O4. The maximum Gasteiger partial charge on any atom is 0.311 e. The van der Waals surface area contributed by atoms with E-state index in [1.165, 1.54) is 0 Å². The fraction of sp³-hybridized carbons (Fsp3) is 0.273. The van der Waals surface area contributed by atoms with Gasteiger partial charge in [0.25, 0.3) is 5.89 Å². The molecule has 0 saturated carbocycles. The van der Waals surface area contributed by atoms with E-state index in [-0.39, 0.29) is 37.3 Å². The van der Waals surface area contributed by atoms with Crippen LogP contribution in [-0.4, -0.2) is 28.6 Å². The van der Waals surface area contributed by atoms with Crippen molar-refractivity contribution in [3.05, 3.63) is 64.5 Å². The fourth-order valence-corrected chi connectivity index (χ4v) is 3.65. The predicted octanol–water partition coefficient (Wildman–Crippen LogP) is 4.10. The molecule has 1 aliphatic rings. The zero-order valence-corrected chi connectivity index (χ0v) is 17.3. The Kier molecular flexibility index (Phi) is 5.55. The summed E-state index contributed by atoms with van der Waals surface area (Å²) in [6.45, 7) is 4.09. The van der Waals surface area contributed by atoms with Crippen LogP contribution in [0.3, 0.4) is 0 Å². The Hall–Kier alpha value is -3.19. The van der Waals surface area contributed by atoms with Gasteiger partial charge in [0.05, 0.1) is 16.5 Å². The predicted molar refractivity (Wildman–Crippen MR) is 111 cm³/mol. The summed E-state index contributed by atoms with van der Waals surface area (Å²) in [4.78, 5) is 26.6. The minimum absolute atomic E-state index is 0.0931. The molecule has 0 N–H and O–H groups in total. The summed E-state index contributed by atoms with van der Waals surface area (Å²) in [6, 6.07) is 12.9. The van der Waals surface area contributed by atoms with E-state index in [0.29, 0.717) is 10.6 Å². The van der Waals surface area contributed by atoms with Gasteiger partial charge in [-0.15, -0.1) is 10.2 Å². The fourth-order valence-electron chi connectivity index (χ4n) is 3.43. The monoisotopic (exact) mass is 425 g/mol. The van der Waals surface area contributed by atoms with Gasteiger partial charge in [-0.1, -0.05) is 35.9 Å². The van der Waals surface area contributed by atoms with Crippen molar-refractivity contribution in [2.45, 2.75) is 26.9 Å². The number of carbonyl (C=O) groups excluding carboxylic acids is 2. The number of aromatic nitrogens is 2. The molecular weight excluding hydrogens is 406 g/mol. The lowest BCUT2D eigenvalue weighted by Gasteiger charge is -2.20. The molecule has 30 heavy (non-hydrogen) atoms. The van der Waals surface area contributed by atoms with Gasteiger partial charge in [0.1, 0.15) is 0 Å². The molecule has 0 bridgehead atoms. The molecule has 2 heterocycles. The molecule has 0 spiro atoms. The van der Waals surface area contributed by atoms with Gasteiger partial charge in [0.15, 0.2) is 6.61 Å². The average Bonchev–Trinajstić information content (AvgIpc) is 3.35. The summed E-state index contributed by atoms with van der Waals surface area (Å²) in [5, 5.41) is 8.34. The van der Waals surface area contributed by atoms with Crippen LogP contribution < -0.4 is 4.90 Å². The molecule has 0 aliphatic carbocycles. The number of ether oxygens (including phenoxy) is 1. The average molecular weight is 426 g/mol.